The number of thiophene rings is 1. The standard InChI is InChI=1S/C6H4ClNOS/c1-9-5-4(2-8)3-10-6(5)7/h3H,1H3. The van der Waals surface area contributed by atoms with Crippen LogP contribution in [0, 0.1) is 11.3 Å². The number of nitrogens with zero attached hydrogens (tertiary/aromatic N) is 1. The van der Waals surface area contributed by atoms with Crippen molar-refractivity contribution < 1.29 is 4.74 Å². The van der Waals surface area contributed by atoms with Gasteiger partial charge in [-0.25, -0.2) is 0 Å². The van der Waals surface area contributed by atoms with Crippen LogP contribution >= 0.6 is 22.9 Å². The molecule has 0 spiro atoms. The Morgan fingerprint density at radius 3 is 2.90 bits per heavy atom. The van der Waals surface area contributed by atoms with Crippen LogP contribution in [0.2, 0.25) is 4.34 Å². The fourth-order valence-corrected chi connectivity index (χ4v) is 1.58. The van der Waals surface area contributed by atoms with Crippen molar-refractivity contribution in [3.05, 3.63) is 15.3 Å². The average Bonchev–Trinajstić information content (AvgIpc) is 2.30. The van der Waals surface area contributed by atoms with Crippen molar-refractivity contribution in [2.24, 2.45) is 0 Å². The first kappa shape index (κ1) is 7.39. The van der Waals surface area contributed by atoms with E-state index in [-0.39, 0.29) is 0 Å². The van der Waals surface area contributed by atoms with Gasteiger partial charge < -0.3 is 4.74 Å². The molecule has 10 heavy (non-hydrogen) atoms. The molecule has 0 radical (unpaired) electrons. The number of ether oxygens (including phenoxy) is 1. The van der Waals surface area contributed by atoms with Crippen molar-refractivity contribution >= 4 is 22.9 Å². The Morgan fingerprint density at radius 2 is 2.50 bits per heavy atom. The molecule has 0 aromatic carbocycles. The number of methoxy groups -OCH3 is 1. The number of nitriles is 1. The summed E-state index contributed by atoms with van der Waals surface area (Å²) in [6.07, 6.45) is 0. The summed E-state index contributed by atoms with van der Waals surface area (Å²) in [5, 5.41) is 10.1. The first-order chi connectivity index (χ1) is 4.79. The van der Waals surface area contributed by atoms with E-state index in [9.17, 15) is 0 Å². The molecular formula is C6H4ClNOS. The third-order valence-corrected chi connectivity index (χ3v) is 2.21. The van der Waals surface area contributed by atoms with Crippen LogP contribution in [0.15, 0.2) is 5.38 Å². The molecule has 0 aliphatic rings. The fraction of sp³-hybridized carbons (Fsp3) is 0.167. The van der Waals surface area contributed by atoms with E-state index < -0.39 is 0 Å². The zero-order valence-electron chi connectivity index (χ0n) is 5.22. The topological polar surface area (TPSA) is 33.0 Å². The van der Waals surface area contributed by atoms with Crippen molar-refractivity contribution in [2.75, 3.05) is 7.11 Å². The molecule has 0 N–H and O–H groups in total. The maximum Gasteiger partial charge on any atom is 0.166 e. The van der Waals surface area contributed by atoms with Crippen LogP contribution in [-0.2, 0) is 0 Å². The van der Waals surface area contributed by atoms with E-state index in [1.54, 1.807) is 5.38 Å². The Hall–Kier alpha value is -0.720. The molecule has 1 heterocycles. The van der Waals surface area contributed by atoms with Gasteiger partial charge in [-0.15, -0.1) is 11.3 Å². The zero-order chi connectivity index (χ0) is 7.56. The maximum atomic E-state index is 8.48. The molecule has 0 saturated heterocycles. The minimum absolute atomic E-state index is 0.481. The molecule has 0 fully saturated rings. The second-order valence-corrected chi connectivity index (χ2v) is 3.05. The summed E-state index contributed by atoms with van der Waals surface area (Å²) in [5.41, 5.74) is 0.498. The molecule has 0 aliphatic carbocycles. The Bertz CT molecular complexity index is 276. The number of halogens is 1. The largest absolute Gasteiger partial charge is 0.493 e. The minimum atomic E-state index is 0.481. The highest BCUT2D eigenvalue weighted by molar-refractivity contribution is 7.15. The van der Waals surface area contributed by atoms with Crippen LogP contribution in [0.5, 0.6) is 5.75 Å². The summed E-state index contributed by atoms with van der Waals surface area (Å²) >= 11 is 6.96. The van der Waals surface area contributed by atoms with Crippen molar-refractivity contribution in [3.8, 4) is 11.8 Å². The van der Waals surface area contributed by atoms with Gasteiger partial charge in [-0.2, -0.15) is 5.26 Å². The third-order valence-electron chi connectivity index (χ3n) is 1.03. The Balaban J connectivity index is 3.16. The smallest absolute Gasteiger partial charge is 0.166 e. The highest BCUT2D eigenvalue weighted by Crippen LogP contribution is 2.34. The van der Waals surface area contributed by atoms with Crippen LogP contribution in [0.1, 0.15) is 5.56 Å². The molecule has 0 bridgehead atoms. The van der Waals surface area contributed by atoms with Crippen LogP contribution in [0.3, 0.4) is 0 Å². The van der Waals surface area contributed by atoms with E-state index in [1.807, 2.05) is 6.07 Å². The summed E-state index contributed by atoms with van der Waals surface area (Å²) in [6, 6.07) is 1.97. The summed E-state index contributed by atoms with van der Waals surface area (Å²) in [4.78, 5) is 0. The van der Waals surface area contributed by atoms with Crippen LogP contribution in [-0.4, -0.2) is 7.11 Å². The number of hydrogen-bond donors (Lipinski definition) is 0. The van der Waals surface area contributed by atoms with Crippen LogP contribution < -0.4 is 4.74 Å². The Kier molecular flexibility index (Phi) is 2.15. The number of rotatable bonds is 1. The van der Waals surface area contributed by atoms with Gasteiger partial charge in [0.2, 0.25) is 0 Å². The lowest BCUT2D eigenvalue weighted by molar-refractivity contribution is 0.415. The first-order valence-corrected chi connectivity index (χ1v) is 3.76. The molecule has 0 unspecified atom stereocenters. The van der Waals surface area contributed by atoms with Crippen molar-refractivity contribution in [1.29, 1.82) is 5.26 Å². The predicted molar refractivity (Wildman–Crippen MR) is 40.6 cm³/mol. The lowest BCUT2D eigenvalue weighted by atomic mass is 10.3. The lowest BCUT2D eigenvalue weighted by Gasteiger charge is -1.94. The monoisotopic (exact) mass is 173 g/mol. The molecule has 0 amide bonds. The average molecular weight is 174 g/mol. The zero-order valence-corrected chi connectivity index (χ0v) is 6.79. The van der Waals surface area contributed by atoms with Gasteiger partial charge in [-0.3, -0.25) is 0 Å². The summed E-state index contributed by atoms with van der Waals surface area (Å²) in [6.45, 7) is 0. The van der Waals surface area contributed by atoms with Gasteiger partial charge in [0, 0.05) is 5.38 Å². The first-order valence-electron chi connectivity index (χ1n) is 2.50. The highest BCUT2D eigenvalue weighted by atomic mass is 35.5. The van der Waals surface area contributed by atoms with Gasteiger partial charge in [0.25, 0.3) is 0 Å². The van der Waals surface area contributed by atoms with Gasteiger partial charge in [0.1, 0.15) is 16.0 Å². The van der Waals surface area contributed by atoms with Gasteiger partial charge >= 0.3 is 0 Å². The Labute approximate surface area is 67.6 Å². The predicted octanol–water partition coefficient (Wildman–Crippen LogP) is 2.28. The van der Waals surface area contributed by atoms with Gasteiger partial charge in [0.05, 0.1) is 7.11 Å². The third kappa shape index (κ3) is 1.08. The summed E-state index contributed by atoms with van der Waals surface area (Å²) in [7, 11) is 1.49. The highest BCUT2D eigenvalue weighted by Gasteiger charge is 2.08. The van der Waals surface area contributed by atoms with E-state index in [2.05, 4.69) is 0 Å². The number of hydrogen-bond acceptors (Lipinski definition) is 3. The van der Waals surface area contributed by atoms with Crippen molar-refractivity contribution in [1.82, 2.24) is 0 Å². The summed E-state index contributed by atoms with van der Waals surface area (Å²) in [5.74, 6) is 0.481. The SMILES string of the molecule is COc1c(C#N)csc1Cl. The van der Waals surface area contributed by atoms with E-state index in [0.29, 0.717) is 15.6 Å². The Morgan fingerprint density at radius 1 is 1.80 bits per heavy atom. The molecule has 0 atom stereocenters. The van der Waals surface area contributed by atoms with E-state index in [1.165, 1.54) is 18.4 Å². The molecule has 0 saturated carbocycles. The quantitative estimate of drug-likeness (QED) is 0.653. The second kappa shape index (κ2) is 2.91. The molecule has 52 valence electrons. The molecule has 1 aromatic heterocycles. The molecular weight excluding hydrogens is 170 g/mol. The van der Waals surface area contributed by atoms with Gasteiger partial charge in [-0.1, -0.05) is 11.6 Å². The maximum absolute atomic E-state index is 8.48. The molecule has 1 rings (SSSR count). The normalized spacial score (nSPS) is 8.90. The van der Waals surface area contributed by atoms with Gasteiger partial charge in [0.15, 0.2) is 5.75 Å². The second-order valence-electron chi connectivity index (χ2n) is 1.57. The van der Waals surface area contributed by atoms with Gasteiger partial charge in [-0.05, 0) is 0 Å². The minimum Gasteiger partial charge on any atom is -0.493 e. The lowest BCUT2D eigenvalue weighted by Crippen LogP contribution is -1.82. The van der Waals surface area contributed by atoms with E-state index in [4.69, 9.17) is 21.6 Å². The van der Waals surface area contributed by atoms with Crippen LogP contribution in [0.4, 0.5) is 0 Å². The summed E-state index contributed by atoms with van der Waals surface area (Å²) < 4.78 is 5.39. The fourth-order valence-electron chi connectivity index (χ4n) is 0.591. The molecule has 2 nitrogen and oxygen atoms in total. The van der Waals surface area contributed by atoms with Crippen LogP contribution in [0.25, 0.3) is 0 Å². The molecule has 0 aliphatic heterocycles. The van der Waals surface area contributed by atoms with E-state index >= 15 is 0 Å². The van der Waals surface area contributed by atoms with Crippen molar-refractivity contribution in [2.45, 2.75) is 0 Å². The molecule has 4 heteroatoms. The molecule has 1 aromatic rings. The van der Waals surface area contributed by atoms with E-state index in [0.717, 1.165) is 0 Å². The van der Waals surface area contributed by atoms with Crippen molar-refractivity contribution in [3.63, 3.8) is 0 Å².